The van der Waals surface area contributed by atoms with Crippen LogP contribution in [0.5, 0.6) is 11.5 Å². The van der Waals surface area contributed by atoms with E-state index in [1.807, 2.05) is 41.0 Å². The molecule has 0 saturated heterocycles. The molecule has 0 radical (unpaired) electrons. The summed E-state index contributed by atoms with van der Waals surface area (Å²) in [6.07, 6.45) is 4.65. The first kappa shape index (κ1) is 21.3. The van der Waals surface area contributed by atoms with Gasteiger partial charge in [0.05, 0.1) is 12.8 Å². The van der Waals surface area contributed by atoms with E-state index >= 15 is 0 Å². The van der Waals surface area contributed by atoms with Gasteiger partial charge in [0.15, 0.2) is 16.9 Å². The number of methoxy groups -OCH3 is 1. The highest BCUT2D eigenvalue weighted by molar-refractivity contribution is 5.88. The quantitative estimate of drug-likeness (QED) is 0.580. The summed E-state index contributed by atoms with van der Waals surface area (Å²) >= 11 is 0. The number of aromatic carboxylic acids is 1. The van der Waals surface area contributed by atoms with Crippen molar-refractivity contribution in [3.05, 3.63) is 81.6 Å². The van der Waals surface area contributed by atoms with Crippen LogP contribution in [0.2, 0.25) is 0 Å². The summed E-state index contributed by atoms with van der Waals surface area (Å²) in [5.41, 5.74) is 3.18. The molecule has 1 aliphatic carbocycles. The van der Waals surface area contributed by atoms with E-state index in [2.05, 4.69) is 13.0 Å². The van der Waals surface area contributed by atoms with Gasteiger partial charge in [-0.25, -0.2) is 4.79 Å². The Labute approximate surface area is 192 Å². The Morgan fingerprint density at radius 3 is 2.64 bits per heavy atom. The number of hydrogen-bond donors (Lipinski definition) is 1. The van der Waals surface area contributed by atoms with Crippen molar-refractivity contribution < 1.29 is 19.4 Å². The molecule has 33 heavy (non-hydrogen) atoms. The Balaban J connectivity index is 1.66. The molecule has 0 bridgehead atoms. The second-order valence-electron chi connectivity index (χ2n) is 9.01. The second-order valence-corrected chi connectivity index (χ2v) is 9.01. The molecule has 2 aliphatic rings. The van der Waals surface area contributed by atoms with E-state index in [0.29, 0.717) is 24.0 Å². The summed E-state index contributed by atoms with van der Waals surface area (Å²) in [4.78, 5) is 24.3. The van der Waals surface area contributed by atoms with Crippen LogP contribution in [0, 0.1) is 5.92 Å². The minimum absolute atomic E-state index is 0.102. The maximum absolute atomic E-state index is 12.6. The average molecular weight is 446 g/mol. The minimum atomic E-state index is -1.19. The van der Waals surface area contributed by atoms with Crippen LogP contribution in [0.4, 0.5) is 0 Å². The van der Waals surface area contributed by atoms with Crippen molar-refractivity contribution in [2.24, 2.45) is 5.92 Å². The smallest absolute Gasteiger partial charge is 0.341 e. The third-order valence-electron chi connectivity index (χ3n) is 7.06. The van der Waals surface area contributed by atoms with Crippen molar-refractivity contribution in [3.63, 3.8) is 0 Å². The number of aromatic nitrogens is 1. The van der Waals surface area contributed by atoms with Crippen LogP contribution in [0.1, 0.15) is 59.6 Å². The van der Waals surface area contributed by atoms with Crippen LogP contribution in [0.3, 0.4) is 0 Å². The molecule has 5 rings (SSSR count). The fourth-order valence-corrected chi connectivity index (χ4v) is 5.49. The highest BCUT2D eigenvalue weighted by Crippen LogP contribution is 2.53. The number of ether oxygens (including phenoxy) is 2. The Morgan fingerprint density at radius 1 is 1.12 bits per heavy atom. The number of nitrogens with zero attached hydrogens (tertiary/aromatic N) is 1. The lowest BCUT2D eigenvalue weighted by Gasteiger charge is -2.44. The minimum Gasteiger partial charge on any atom is -0.493 e. The van der Waals surface area contributed by atoms with Gasteiger partial charge in [0.25, 0.3) is 0 Å². The first-order valence-electron chi connectivity index (χ1n) is 11.4. The van der Waals surface area contributed by atoms with Crippen LogP contribution >= 0.6 is 0 Å². The molecule has 3 atom stereocenters. The molecule has 1 aliphatic heterocycles. The molecule has 2 heterocycles. The van der Waals surface area contributed by atoms with Gasteiger partial charge in [0.1, 0.15) is 12.2 Å². The maximum Gasteiger partial charge on any atom is 0.341 e. The van der Waals surface area contributed by atoms with Crippen LogP contribution in [-0.2, 0) is 6.61 Å². The molecule has 0 amide bonds. The molecule has 0 unspecified atom stereocenters. The summed E-state index contributed by atoms with van der Waals surface area (Å²) < 4.78 is 13.9. The molecule has 6 heteroatoms. The third-order valence-corrected chi connectivity index (χ3v) is 7.06. The molecule has 170 valence electrons. The van der Waals surface area contributed by atoms with Crippen LogP contribution in [0.25, 0.3) is 11.3 Å². The fraction of sp³-hybridized carbons (Fsp3) is 0.333. The number of benzene rings is 2. The Bertz CT molecular complexity index is 1260. The normalized spacial score (nSPS) is 20.8. The molecular weight excluding hydrogens is 418 g/mol. The molecule has 1 fully saturated rings. The van der Waals surface area contributed by atoms with E-state index in [1.165, 1.54) is 12.3 Å². The van der Waals surface area contributed by atoms with E-state index in [-0.39, 0.29) is 17.5 Å². The van der Waals surface area contributed by atoms with Gasteiger partial charge >= 0.3 is 5.97 Å². The molecule has 2 aromatic carbocycles. The van der Waals surface area contributed by atoms with Crippen molar-refractivity contribution in [3.8, 4) is 22.8 Å². The lowest BCUT2D eigenvalue weighted by atomic mass is 9.69. The van der Waals surface area contributed by atoms with Gasteiger partial charge < -0.3 is 19.1 Å². The standard InChI is InChI=1S/C27H27NO5/c1-16-7-6-10-21-26(16)19-12-25(33-15-17-8-4-3-5-9-17)24(32-2)11-18(19)22-13-23(29)20(27(30)31)14-28(21)22/h3-5,8-9,11-14,16,21,26H,6-7,10,15H2,1-2H3,(H,30,31)/t16-,21-,26+/m1/s1. The number of carboxylic acids is 1. The lowest BCUT2D eigenvalue weighted by Crippen LogP contribution is -2.33. The van der Waals surface area contributed by atoms with E-state index in [9.17, 15) is 14.7 Å². The van der Waals surface area contributed by atoms with Gasteiger partial charge in [-0.2, -0.15) is 0 Å². The van der Waals surface area contributed by atoms with Crippen molar-refractivity contribution in [1.29, 1.82) is 0 Å². The second kappa shape index (κ2) is 8.43. The SMILES string of the molecule is COc1cc2c(cc1OCc1ccccc1)[C@@H]1[C@H](C)CCC[C@H]1n1cc(C(=O)O)c(=O)cc1-2. The molecule has 1 aromatic heterocycles. The van der Waals surface area contributed by atoms with Gasteiger partial charge in [0.2, 0.25) is 0 Å². The molecule has 0 spiro atoms. The van der Waals surface area contributed by atoms with E-state index in [0.717, 1.165) is 41.6 Å². The van der Waals surface area contributed by atoms with Gasteiger partial charge in [-0.3, -0.25) is 4.79 Å². The van der Waals surface area contributed by atoms with Crippen molar-refractivity contribution >= 4 is 5.97 Å². The molecule has 6 nitrogen and oxygen atoms in total. The number of fused-ring (bicyclic) bond motifs is 6. The maximum atomic E-state index is 12.6. The highest BCUT2D eigenvalue weighted by atomic mass is 16.5. The van der Waals surface area contributed by atoms with Crippen LogP contribution < -0.4 is 14.9 Å². The zero-order chi connectivity index (χ0) is 23.1. The monoisotopic (exact) mass is 445 g/mol. The van der Waals surface area contributed by atoms with Crippen molar-refractivity contribution in [1.82, 2.24) is 4.57 Å². The van der Waals surface area contributed by atoms with Gasteiger partial charge in [-0.15, -0.1) is 0 Å². The molecule has 1 N–H and O–H groups in total. The summed E-state index contributed by atoms with van der Waals surface area (Å²) in [6.45, 7) is 2.68. The predicted octanol–water partition coefficient (Wildman–Crippen LogP) is 5.26. The number of carbonyl (C=O) groups is 1. The number of rotatable bonds is 5. The van der Waals surface area contributed by atoms with Crippen LogP contribution in [-0.4, -0.2) is 22.8 Å². The molecule has 1 saturated carbocycles. The van der Waals surface area contributed by atoms with Crippen molar-refractivity contribution in [2.45, 2.75) is 44.8 Å². The summed E-state index contributed by atoms with van der Waals surface area (Å²) in [6, 6.07) is 15.5. The average Bonchev–Trinajstić information content (AvgIpc) is 2.82. The zero-order valence-corrected chi connectivity index (χ0v) is 18.8. The van der Waals surface area contributed by atoms with E-state index < -0.39 is 11.4 Å². The van der Waals surface area contributed by atoms with Gasteiger partial charge in [-0.1, -0.05) is 43.7 Å². The van der Waals surface area contributed by atoms with E-state index in [4.69, 9.17) is 9.47 Å². The Hall–Kier alpha value is -3.54. The number of hydrogen-bond acceptors (Lipinski definition) is 4. The van der Waals surface area contributed by atoms with Crippen LogP contribution in [0.15, 0.2) is 59.5 Å². The Kier molecular flexibility index (Phi) is 5.44. The van der Waals surface area contributed by atoms with E-state index in [1.54, 1.807) is 7.11 Å². The summed E-state index contributed by atoms with van der Waals surface area (Å²) in [5.74, 6) is 0.695. The number of pyridine rings is 1. The number of carboxylic acid groups (broad SMARTS) is 1. The van der Waals surface area contributed by atoms with Crippen molar-refractivity contribution in [2.75, 3.05) is 7.11 Å². The largest absolute Gasteiger partial charge is 0.493 e. The lowest BCUT2D eigenvalue weighted by molar-refractivity contribution is 0.0694. The molecule has 3 aromatic rings. The Morgan fingerprint density at radius 2 is 1.91 bits per heavy atom. The third kappa shape index (κ3) is 3.69. The topological polar surface area (TPSA) is 77.8 Å². The predicted molar refractivity (Wildman–Crippen MR) is 125 cm³/mol. The first-order valence-corrected chi connectivity index (χ1v) is 11.4. The molecular formula is C27H27NO5. The zero-order valence-electron chi connectivity index (χ0n) is 18.8. The van der Waals surface area contributed by atoms with Gasteiger partial charge in [0, 0.05) is 29.8 Å². The highest BCUT2D eigenvalue weighted by Gasteiger charge is 2.40. The summed E-state index contributed by atoms with van der Waals surface area (Å²) in [5, 5.41) is 9.53. The van der Waals surface area contributed by atoms with Gasteiger partial charge in [-0.05, 0) is 42.0 Å². The summed E-state index contributed by atoms with van der Waals surface area (Å²) in [7, 11) is 1.60. The fourth-order valence-electron chi connectivity index (χ4n) is 5.49. The first-order chi connectivity index (χ1) is 16.0.